The van der Waals surface area contributed by atoms with Crippen LogP contribution in [-0.2, 0) is 11.9 Å². The van der Waals surface area contributed by atoms with Gasteiger partial charge in [-0.15, -0.1) is 0 Å². The summed E-state index contributed by atoms with van der Waals surface area (Å²) >= 11 is 7.30. The Morgan fingerprint density at radius 2 is 2.00 bits per heavy atom. The fraction of sp³-hybridized carbons (Fsp3) is 0.231. The van der Waals surface area contributed by atoms with Gasteiger partial charge >= 0.3 is 6.18 Å². The molecule has 0 aliphatic carbocycles. The van der Waals surface area contributed by atoms with E-state index in [-0.39, 0.29) is 0 Å². The van der Waals surface area contributed by atoms with Crippen LogP contribution in [0.1, 0.15) is 11.3 Å². The van der Waals surface area contributed by atoms with E-state index in [4.69, 9.17) is 11.6 Å². The third-order valence-electron chi connectivity index (χ3n) is 2.60. The lowest BCUT2D eigenvalue weighted by Gasteiger charge is -2.08. The fourth-order valence-electron chi connectivity index (χ4n) is 1.50. The summed E-state index contributed by atoms with van der Waals surface area (Å²) in [5, 5.41) is 3.89. The highest BCUT2D eigenvalue weighted by Crippen LogP contribution is 2.30. The lowest BCUT2D eigenvalue weighted by Crippen LogP contribution is -2.05. The van der Waals surface area contributed by atoms with Crippen LogP contribution in [-0.4, -0.2) is 17.0 Å². The molecule has 112 valence electrons. The van der Waals surface area contributed by atoms with Crippen molar-refractivity contribution in [1.29, 1.82) is 0 Å². The molecule has 1 N–H and O–H groups in total. The van der Waals surface area contributed by atoms with Gasteiger partial charge in [-0.1, -0.05) is 23.4 Å². The van der Waals surface area contributed by atoms with Crippen LogP contribution >= 0.6 is 23.4 Å². The highest BCUT2D eigenvalue weighted by atomic mass is 35.5. The van der Waals surface area contributed by atoms with Crippen molar-refractivity contribution in [2.24, 2.45) is 0 Å². The molecular weight excluding hydrogens is 323 g/mol. The summed E-state index contributed by atoms with van der Waals surface area (Å²) < 4.78 is 37.3. The Morgan fingerprint density at radius 1 is 1.24 bits per heavy atom. The number of halogens is 4. The molecule has 0 radical (unpaired) electrons. The van der Waals surface area contributed by atoms with E-state index >= 15 is 0 Å². The molecule has 2 aromatic heterocycles. The molecule has 21 heavy (non-hydrogen) atoms. The van der Waals surface area contributed by atoms with Gasteiger partial charge in [0, 0.05) is 19.0 Å². The molecule has 0 aliphatic rings. The molecule has 0 bridgehead atoms. The van der Waals surface area contributed by atoms with Gasteiger partial charge in [0.15, 0.2) is 0 Å². The fourth-order valence-corrected chi connectivity index (χ4v) is 2.55. The molecule has 0 saturated carbocycles. The number of nitrogens with zero attached hydrogens (tertiary/aromatic N) is 2. The maximum absolute atomic E-state index is 12.4. The Balaban J connectivity index is 2.06. The first-order valence-electron chi connectivity index (χ1n) is 5.89. The number of thioether (sulfide) groups is 1. The first-order chi connectivity index (χ1) is 9.90. The lowest BCUT2D eigenvalue weighted by atomic mass is 10.3. The number of rotatable bonds is 4. The zero-order chi connectivity index (χ0) is 15.5. The van der Waals surface area contributed by atoms with Crippen LogP contribution in [0.2, 0.25) is 5.02 Å². The predicted molar refractivity (Wildman–Crippen MR) is 77.6 cm³/mol. The van der Waals surface area contributed by atoms with Gasteiger partial charge in [0.05, 0.1) is 21.3 Å². The molecule has 2 rings (SSSR count). The molecule has 0 spiro atoms. The van der Waals surface area contributed by atoms with Gasteiger partial charge in [-0.25, -0.2) is 9.97 Å². The van der Waals surface area contributed by atoms with Crippen molar-refractivity contribution in [2.45, 2.75) is 17.0 Å². The third-order valence-corrected chi connectivity index (χ3v) is 3.89. The topological polar surface area (TPSA) is 37.8 Å². The molecule has 0 fully saturated rings. The van der Waals surface area contributed by atoms with Crippen molar-refractivity contribution in [2.75, 3.05) is 12.4 Å². The van der Waals surface area contributed by atoms with Crippen molar-refractivity contribution in [3.05, 3.63) is 46.7 Å². The number of pyridine rings is 2. The Morgan fingerprint density at radius 3 is 2.57 bits per heavy atom. The Bertz CT molecular complexity index is 617. The molecule has 0 amide bonds. The molecular formula is C13H11ClF3N3S. The number of hydrogen-bond acceptors (Lipinski definition) is 4. The van der Waals surface area contributed by atoms with Gasteiger partial charge in [-0.3, -0.25) is 0 Å². The van der Waals surface area contributed by atoms with Crippen molar-refractivity contribution in [1.82, 2.24) is 9.97 Å². The summed E-state index contributed by atoms with van der Waals surface area (Å²) in [5.41, 5.74) is -0.115. The van der Waals surface area contributed by atoms with Crippen LogP contribution < -0.4 is 5.32 Å². The molecule has 0 aliphatic heterocycles. The van der Waals surface area contributed by atoms with Crippen molar-refractivity contribution in [3.63, 3.8) is 0 Å². The second-order valence-corrected chi connectivity index (χ2v) is 5.45. The number of hydrogen-bond donors (Lipinski definition) is 1. The average Bonchev–Trinajstić information content (AvgIpc) is 2.46. The minimum absolute atomic E-state index is 0.423. The molecule has 0 aromatic carbocycles. The Labute approximate surface area is 128 Å². The highest BCUT2D eigenvalue weighted by Gasteiger charge is 2.30. The van der Waals surface area contributed by atoms with Gasteiger partial charge in [0.25, 0.3) is 0 Å². The van der Waals surface area contributed by atoms with Gasteiger partial charge in [-0.05, 0) is 24.3 Å². The van der Waals surface area contributed by atoms with E-state index in [0.717, 1.165) is 12.3 Å². The molecule has 2 heterocycles. The van der Waals surface area contributed by atoms with E-state index in [1.165, 1.54) is 17.8 Å². The summed E-state index contributed by atoms with van der Waals surface area (Å²) in [6.45, 7) is 0. The minimum Gasteiger partial charge on any atom is -0.373 e. The lowest BCUT2D eigenvalue weighted by molar-refractivity contribution is -0.137. The SMILES string of the molecule is CNc1ccc(Cl)c(CSc2ccc(C(F)(F)F)cn2)n1. The average molecular weight is 334 g/mol. The standard InChI is InChI=1S/C13H11ClF3N3S/c1-18-11-4-3-9(14)10(20-11)7-21-12-5-2-8(6-19-12)13(15,16)17/h2-6H,7H2,1H3,(H,18,20). The second-order valence-electron chi connectivity index (χ2n) is 4.05. The molecule has 8 heteroatoms. The van der Waals surface area contributed by atoms with Gasteiger partial charge in [-0.2, -0.15) is 13.2 Å². The highest BCUT2D eigenvalue weighted by molar-refractivity contribution is 7.98. The van der Waals surface area contributed by atoms with Crippen LogP contribution in [0.15, 0.2) is 35.5 Å². The minimum atomic E-state index is -4.37. The monoisotopic (exact) mass is 333 g/mol. The van der Waals surface area contributed by atoms with E-state index in [0.29, 0.717) is 27.3 Å². The zero-order valence-corrected chi connectivity index (χ0v) is 12.5. The van der Waals surface area contributed by atoms with Crippen LogP contribution in [0.5, 0.6) is 0 Å². The summed E-state index contributed by atoms with van der Waals surface area (Å²) in [6.07, 6.45) is -3.55. The smallest absolute Gasteiger partial charge is 0.373 e. The predicted octanol–water partition coefficient (Wildman–Crippen LogP) is 4.48. The molecule has 0 unspecified atom stereocenters. The summed E-state index contributed by atoms with van der Waals surface area (Å²) in [7, 11) is 1.74. The number of anilines is 1. The maximum atomic E-state index is 12.4. The number of nitrogens with one attached hydrogen (secondary N) is 1. The quantitative estimate of drug-likeness (QED) is 0.837. The van der Waals surface area contributed by atoms with E-state index in [1.54, 1.807) is 19.2 Å². The van der Waals surface area contributed by atoms with E-state index < -0.39 is 11.7 Å². The van der Waals surface area contributed by atoms with Crippen LogP contribution in [0.3, 0.4) is 0 Å². The summed E-state index contributed by atoms with van der Waals surface area (Å²) in [6, 6.07) is 5.81. The second kappa shape index (κ2) is 6.53. The van der Waals surface area contributed by atoms with E-state index in [1.807, 2.05) is 0 Å². The van der Waals surface area contributed by atoms with Crippen molar-refractivity contribution < 1.29 is 13.2 Å². The van der Waals surface area contributed by atoms with E-state index in [2.05, 4.69) is 15.3 Å². The third kappa shape index (κ3) is 4.25. The molecule has 3 nitrogen and oxygen atoms in total. The first-order valence-corrected chi connectivity index (χ1v) is 7.25. The van der Waals surface area contributed by atoms with Gasteiger partial charge < -0.3 is 5.32 Å². The molecule has 2 aromatic rings. The molecule has 0 atom stereocenters. The summed E-state index contributed by atoms with van der Waals surface area (Å²) in [4.78, 5) is 8.08. The maximum Gasteiger partial charge on any atom is 0.417 e. The zero-order valence-electron chi connectivity index (χ0n) is 10.9. The first kappa shape index (κ1) is 15.9. The van der Waals surface area contributed by atoms with Crippen molar-refractivity contribution >= 4 is 29.2 Å². The van der Waals surface area contributed by atoms with Crippen molar-refractivity contribution in [3.8, 4) is 0 Å². The van der Waals surface area contributed by atoms with Gasteiger partial charge in [0.1, 0.15) is 5.82 Å². The van der Waals surface area contributed by atoms with E-state index in [9.17, 15) is 13.2 Å². The van der Waals surface area contributed by atoms with Gasteiger partial charge in [0.2, 0.25) is 0 Å². The van der Waals surface area contributed by atoms with Crippen LogP contribution in [0.25, 0.3) is 0 Å². The summed E-state index contributed by atoms with van der Waals surface area (Å²) in [5.74, 6) is 1.10. The molecule has 0 saturated heterocycles. The van der Waals surface area contributed by atoms with Crippen LogP contribution in [0, 0.1) is 0 Å². The Kier molecular flexibility index (Phi) is 4.95. The largest absolute Gasteiger partial charge is 0.417 e. The van der Waals surface area contributed by atoms with Crippen LogP contribution in [0.4, 0.5) is 19.0 Å². The number of aromatic nitrogens is 2. The normalized spacial score (nSPS) is 11.5. The Hall–Kier alpha value is -1.47. The number of alkyl halides is 3.